The number of aromatic nitrogens is 1. The molecule has 0 bridgehead atoms. The number of fused-ring (bicyclic) bond motifs is 1. The van der Waals surface area contributed by atoms with Crippen LogP contribution in [0, 0.1) is 0 Å². The van der Waals surface area contributed by atoms with Crippen LogP contribution in [0.4, 0.5) is 0 Å². The van der Waals surface area contributed by atoms with Gasteiger partial charge in [-0.3, -0.25) is 0 Å². The van der Waals surface area contributed by atoms with E-state index in [2.05, 4.69) is 50.3 Å². The van der Waals surface area contributed by atoms with Gasteiger partial charge in [0.05, 0.1) is 13.2 Å². The fourth-order valence-corrected chi connectivity index (χ4v) is 3.62. The van der Waals surface area contributed by atoms with E-state index in [-0.39, 0.29) is 6.61 Å². The molecule has 0 radical (unpaired) electrons. The minimum absolute atomic E-state index is 0.0892. The Bertz CT molecular complexity index is 686. The topological polar surface area (TPSA) is 25.2 Å². The molecule has 0 aliphatic heterocycles. The van der Waals surface area contributed by atoms with E-state index in [9.17, 15) is 5.11 Å². The van der Waals surface area contributed by atoms with Crippen molar-refractivity contribution in [3.8, 4) is 0 Å². The number of benzene rings is 1. The maximum atomic E-state index is 9.32. The first-order valence-corrected chi connectivity index (χ1v) is 7.35. The van der Waals surface area contributed by atoms with E-state index >= 15 is 0 Å². The molecule has 0 aliphatic rings. The lowest BCUT2D eigenvalue weighted by atomic mass is 10.1. The Kier molecular flexibility index (Phi) is 3.24. The van der Waals surface area contributed by atoms with Crippen LogP contribution in [0.2, 0.25) is 0 Å². The van der Waals surface area contributed by atoms with Gasteiger partial charge < -0.3 is 9.67 Å². The molecule has 0 saturated carbocycles. The third kappa shape index (κ3) is 2.11. The third-order valence-corrected chi connectivity index (χ3v) is 4.70. The number of hydrogen-bond donors (Lipinski definition) is 1. The smallest absolute Gasteiger partial charge is 0.0688 e. The number of halogens is 1. The number of thiophene rings is 1. The van der Waals surface area contributed by atoms with Crippen LogP contribution in [0.15, 0.2) is 46.4 Å². The Balaban J connectivity index is 2.02. The fraction of sp³-hybridized carbons (Fsp3) is 0.143. The summed E-state index contributed by atoms with van der Waals surface area (Å²) >= 11 is 5.23. The molecule has 0 aliphatic carbocycles. The Morgan fingerprint density at radius 3 is 2.89 bits per heavy atom. The van der Waals surface area contributed by atoms with Crippen LogP contribution < -0.4 is 0 Å². The van der Waals surface area contributed by atoms with Gasteiger partial charge in [-0.15, -0.1) is 11.3 Å². The molecule has 92 valence electrons. The number of aliphatic hydroxyl groups excluding tert-OH is 1. The van der Waals surface area contributed by atoms with Gasteiger partial charge in [0.2, 0.25) is 0 Å². The highest BCUT2D eigenvalue weighted by Gasteiger charge is 2.06. The zero-order chi connectivity index (χ0) is 12.5. The molecule has 0 amide bonds. The van der Waals surface area contributed by atoms with Crippen molar-refractivity contribution in [2.75, 3.05) is 0 Å². The molecule has 3 aromatic rings. The molecule has 2 aromatic heterocycles. The maximum absolute atomic E-state index is 9.32. The quantitative estimate of drug-likeness (QED) is 0.774. The predicted octanol–water partition coefficient (Wildman–Crippen LogP) is 4.01. The van der Waals surface area contributed by atoms with E-state index in [0.717, 1.165) is 22.0 Å². The summed E-state index contributed by atoms with van der Waals surface area (Å²) in [5, 5.41) is 12.6. The zero-order valence-corrected chi connectivity index (χ0v) is 12.0. The van der Waals surface area contributed by atoms with E-state index in [4.69, 9.17) is 0 Å². The molecule has 18 heavy (non-hydrogen) atoms. The van der Waals surface area contributed by atoms with Crippen molar-refractivity contribution in [1.29, 1.82) is 0 Å². The molecular formula is C14H12BrNOS. The summed E-state index contributed by atoms with van der Waals surface area (Å²) in [7, 11) is 0. The molecule has 4 heteroatoms. The molecule has 3 rings (SSSR count). The third-order valence-electron chi connectivity index (χ3n) is 3.02. The first-order valence-electron chi connectivity index (χ1n) is 5.68. The highest BCUT2D eigenvalue weighted by molar-refractivity contribution is 9.10. The summed E-state index contributed by atoms with van der Waals surface area (Å²) in [4.78, 5) is 1.31. The molecule has 1 N–H and O–H groups in total. The first-order chi connectivity index (χ1) is 8.78. The summed E-state index contributed by atoms with van der Waals surface area (Å²) in [5.74, 6) is 0. The van der Waals surface area contributed by atoms with Gasteiger partial charge in [0.25, 0.3) is 0 Å². The lowest BCUT2D eigenvalue weighted by molar-refractivity contribution is 0.283. The average molecular weight is 322 g/mol. The molecule has 2 heterocycles. The largest absolute Gasteiger partial charge is 0.392 e. The Labute approximate surface area is 118 Å². The van der Waals surface area contributed by atoms with Crippen LogP contribution in [0.25, 0.3) is 10.9 Å². The minimum Gasteiger partial charge on any atom is -0.392 e. The van der Waals surface area contributed by atoms with Crippen molar-refractivity contribution < 1.29 is 5.11 Å². The van der Waals surface area contributed by atoms with E-state index in [0.29, 0.717) is 0 Å². The van der Waals surface area contributed by atoms with Crippen molar-refractivity contribution in [2.45, 2.75) is 13.2 Å². The molecule has 0 atom stereocenters. The first kappa shape index (κ1) is 12.0. The second kappa shape index (κ2) is 4.88. The summed E-state index contributed by atoms with van der Waals surface area (Å²) in [6, 6.07) is 10.3. The van der Waals surface area contributed by atoms with Crippen molar-refractivity contribution >= 4 is 38.2 Å². The lowest BCUT2D eigenvalue weighted by Crippen LogP contribution is -1.95. The van der Waals surface area contributed by atoms with Crippen LogP contribution in [0.3, 0.4) is 0 Å². The molecule has 0 spiro atoms. The van der Waals surface area contributed by atoms with Crippen LogP contribution in [-0.4, -0.2) is 9.67 Å². The molecule has 0 unspecified atom stereocenters. The van der Waals surface area contributed by atoms with Crippen molar-refractivity contribution in [3.05, 3.63) is 56.8 Å². The van der Waals surface area contributed by atoms with Crippen molar-refractivity contribution in [3.63, 3.8) is 0 Å². The van der Waals surface area contributed by atoms with Gasteiger partial charge in [-0.1, -0.05) is 12.1 Å². The van der Waals surface area contributed by atoms with Gasteiger partial charge >= 0.3 is 0 Å². The van der Waals surface area contributed by atoms with Crippen LogP contribution in [-0.2, 0) is 13.2 Å². The molecule has 2 nitrogen and oxygen atoms in total. The number of rotatable bonds is 3. The molecule has 0 saturated heterocycles. The van der Waals surface area contributed by atoms with Gasteiger partial charge in [0.1, 0.15) is 0 Å². The number of hydrogen-bond acceptors (Lipinski definition) is 2. The summed E-state index contributed by atoms with van der Waals surface area (Å²) in [5.41, 5.74) is 2.16. The van der Waals surface area contributed by atoms with E-state index in [1.165, 1.54) is 10.4 Å². The maximum Gasteiger partial charge on any atom is 0.0688 e. The number of aliphatic hydroxyl groups is 1. The van der Waals surface area contributed by atoms with Crippen molar-refractivity contribution in [2.24, 2.45) is 0 Å². The minimum atomic E-state index is 0.0892. The van der Waals surface area contributed by atoms with Gasteiger partial charge in [-0.05, 0) is 39.7 Å². The SMILES string of the molecule is OCc1cccc2c1ccn2Cc1cc(Br)cs1. The van der Waals surface area contributed by atoms with Gasteiger partial charge in [-0.25, -0.2) is 0 Å². The monoisotopic (exact) mass is 321 g/mol. The highest BCUT2D eigenvalue weighted by Crippen LogP contribution is 2.24. The zero-order valence-electron chi connectivity index (χ0n) is 9.64. The summed E-state index contributed by atoms with van der Waals surface area (Å²) in [6.07, 6.45) is 2.08. The Morgan fingerprint density at radius 2 is 2.17 bits per heavy atom. The normalized spacial score (nSPS) is 11.2. The van der Waals surface area contributed by atoms with Gasteiger partial charge in [-0.2, -0.15) is 0 Å². The molecular weight excluding hydrogens is 310 g/mol. The number of nitrogens with zero attached hydrogens (tertiary/aromatic N) is 1. The lowest BCUT2D eigenvalue weighted by Gasteiger charge is -2.04. The van der Waals surface area contributed by atoms with E-state index in [1.54, 1.807) is 11.3 Å². The molecule has 1 aromatic carbocycles. The van der Waals surface area contributed by atoms with Crippen molar-refractivity contribution in [1.82, 2.24) is 4.57 Å². The molecule has 0 fully saturated rings. The van der Waals surface area contributed by atoms with Crippen LogP contribution >= 0.6 is 27.3 Å². The van der Waals surface area contributed by atoms with E-state index < -0.39 is 0 Å². The highest BCUT2D eigenvalue weighted by atomic mass is 79.9. The Hall–Kier alpha value is -1.10. The van der Waals surface area contributed by atoms with Gasteiger partial charge in [0, 0.05) is 31.8 Å². The second-order valence-corrected chi connectivity index (χ2v) is 6.09. The van der Waals surface area contributed by atoms with Gasteiger partial charge in [0.15, 0.2) is 0 Å². The van der Waals surface area contributed by atoms with Crippen LogP contribution in [0.1, 0.15) is 10.4 Å². The average Bonchev–Trinajstić information content (AvgIpc) is 2.97. The summed E-state index contributed by atoms with van der Waals surface area (Å²) in [6.45, 7) is 0.959. The van der Waals surface area contributed by atoms with E-state index in [1.807, 2.05) is 12.1 Å². The van der Waals surface area contributed by atoms with Crippen LogP contribution in [0.5, 0.6) is 0 Å². The standard InChI is InChI=1S/C14H12BrNOS/c15-11-6-12(18-9-11)7-16-5-4-13-10(8-17)2-1-3-14(13)16/h1-6,9,17H,7-8H2. The Morgan fingerprint density at radius 1 is 1.28 bits per heavy atom. The predicted molar refractivity (Wildman–Crippen MR) is 79.0 cm³/mol. The summed E-state index contributed by atoms with van der Waals surface area (Å²) < 4.78 is 3.35. The second-order valence-electron chi connectivity index (χ2n) is 4.18. The fourth-order valence-electron chi connectivity index (χ4n) is 2.17.